The largest absolute Gasteiger partial charge is 0.293 e. The third-order valence-electron chi connectivity index (χ3n) is 1.81. The highest BCUT2D eigenvalue weighted by Crippen LogP contribution is 2.17. The Balaban J connectivity index is 3.19. The number of carbonyl (C=O) groups is 1. The number of alkyl halides is 1. The summed E-state index contributed by atoms with van der Waals surface area (Å²) in [5.41, 5.74) is 2.42. The highest BCUT2D eigenvalue weighted by atomic mass is 35.5. The maximum Gasteiger partial charge on any atom is 0.178 e. The molecule has 1 rings (SSSR count). The predicted octanol–water partition coefficient (Wildman–Crippen LogP) is 3.14. The van der Waals surface area contributed by atoms with Crippen LogP contribution >= 0.6 is 11.6 Å². The summed E-state index contributed by atoms with van der Waals surface area (Å²) in [6.45, 7) is 5.68. The molecule has 0 spiro atoms. The smallest absolute Gasteiger partial charge is 0.178 e. The number of Topliss-reactive ketones (excluding diaryl/α,β-unsaturated/α-hetero) is 1. The van der Waals surface area contributed by atoms with Crippen molar-refractivity contribution in [1.82, 2.24) is 0 Å². The zero-order valence-electron chi connectivity index (χ0n) is 7.51. The summed E-state index contributed by atoms with van der Waals surface area (Å²) in [6.07, 6.45) is 0. The first kappa shape index (κ1) is 10.0. The molecule has 0 aliphatic heterocycles. The van der Waals surface area contributed by atoms with Gasteiger partial charge in [-0.2, -0.15) is 0 Å². The summed E-state index contributed by atoms with van der Waals surface area (Å²) in [7, 11) is 0. The maximum atomic E-state index is 11.4. The molecule has 0 aromatic heterocycles. The maximum absolute atomic E-state index is 11.4. The Morgan fingerprint density at radius 3 is 2.38 bits per heavy atom. The third kappa shape index (κ3) is 2.19. The number of hydrogen-bond acceptors (Lipinski definition) is 1. The molecule has 1 aromatic rings. The van der Waals surface area contributed by atoms with Crippen molar-refractivity contribution in [1.29, 1.82) is 0 Å². The van der Waals surface area contributed by atoms with Crippen LogP contribution in [0.25, 0.3) is 5.57 Å². The second-order valence-corrected chi connectivity index (χ2v) is 3.15. The van der Waals surface area contributed by atoms with Gasteiger partial charge in [0, 0.05) is 5.56 Å². The van der Waals surface area contributed by atoms with E-state index in [-0.39, 0.29) is 11.7 Å². The van der Waals surface area contributed by atoms with Crippen LogP contribution in [0.5, 0.6) is 0 Å². The Bertz CT molecular complexity index is 342. The molecule has 0 aliphatic rings. The lowest BCUT2D eigenvalue weighted by Crippen LogP contribution is -2.03. The molecule has 0 bridgehead atoms. The molecule has 2 heteroatoms. The van der Waals surface area contributed by atoms with E-state index < -0.39 is 0 Å². The Morgan fingerprint density at radius 2 is 1.92 bits per heavy atom. The van der Waals surface area contributed by atoms with Gasteiger partial charge in [0.25, 0.3) is 0 Å². The fraction of sp³-hybridized carbons (Fsp3) is 0.182. The van der Waals surface area contributed by atoms with Gasteiger partial charge >= 0.3 is 0 Å². The summed E-state index contributed by atoms with van der Waals surface area (Å²) in [5.74, 6) is -0.0372. The SMILES string of the molecule is C=C(C)c1ccccc1C(=O)CCl. The topological polar surface area (TPSA) is 17.1 Å². The quantitative estimate of drug-likeness (QED) is 0.534. The van der Waals surface area contributed by atoms with Crippen LogP contribution in [0.1, 0.15) is 22.8 Å². The van der Waals surface area contributed by atoms with Gasteiger partial charge in [0.05, 0.1) is 5.88 Å². The van der Waals surface area contributed by atoms with Crippen molar-refractivity contribution in [2.75, 3.05) is 5.88 Å². The van der Waals surface area contributed by atoms with Crippen molar-refractivity contribution >= 4 is 23.0 Å². The lowest BCUT2D eigenvalue weighted by molar-refractivity contribution is 0.102. The van der Waals surface area contributed by atoms with Gasteiger partial charge in [-0.3, -0.25) is 4.79 Å². The van der Waals surface area contributed by atoms with Crippen LogP contribution in [0.2, 0.25) is 0 Å². The van der Waals surface area contributed by atoms with Crippen LogP contribution in [0.15, 0.2) is 30.8 Å². The van der Waals surface area contributed by atoms with Crippen molar-refractivity contribution in [3.63, 3.8) is 0 Å². The first-order valence-electron chi connectivity index (χ1n) is 4.01. The lowest BCUT2D eigenvalue weighted by Gasteiger charge is -2.05. The Morgan fingerprint density at radius 1 is 1.38 bits per heavy atom. The van der Waals surface area contributed by atoms with Gasteiger partial charge in [-0.05, 0) is 12.5 Å². The predicted molar refractivity (Wildman–Crippen MR) is 56.2 cm³/mol. The van der Waals surface area contributed by atoms with E-state index in [0.717, 1.165) is 11.1 Å². The molecular weight excluding hydrogens is 184 g/mol. The molecule has 13 heavy (non-hydrogen) atoms. The summed E-state index contributed by atoms with van der Waals surface area (Å²) >= 11 is 5.48. The summed E-state index contributed by atoms with van der Waals surface area (Å²) in [5, 5.41) is 0. The molecule has 0 amide bonds. The standard InChI is InChI=1S/C11H11ClO/c1-8(2)9-5-3-4-6-10(9)11(13)7-12/h3-6H,1,7H2,2H3. The number of allylic oxidation sites excluding steroid dienone is 1. The first-order valence-corrected chi connectivity index (χ1v) is 4.54. The van der Waals surface area contributed by atoms with Gasteiger partial charge in [0.1, 0.15) is 0 Å². The molecule has 0 unspecified atom stereocenters. The number of halogens is 1. The second kappa shape index (κ2) is 4.24. The van der Waals surface area contributed by atoms with Crippen LogP contribution in [-0.4, -0.2) is 11.7 Å². The van der Waals surface area contributed by atoms with E-state index in [0.29, 0.717) is 5.56 Å². The highest BCUT2D eigenvalue weighted by molar-refractivity contribution is 6.30. The summed E-state index contributed by atoms with van der Waals surface area (Å²) < 4.78 is 0. The van der Waals surface area contributed by atoms with E-state index in [2.05, 4.69) is 6.58 Å². The van der Waals surface area contributed by atoms with E-state index >= 15 is 0 Å². The average molecular weight is 195 g/mol. The van der Waals surface area contributed by atoms with Gasteiger partial charge in [-0.25, -0.2) is 0 Å². The van der Waals surface area contributed by atoms with Crippen LogP contribution in [0, 0.1) is 0 Å². The van der Waals surface area contributed by atoms with Crippen LogP contribution in [-0.2, 0) is 0 Å². The fourth-order valence-corrected chi connectivity index (χ4v) is 1.31. The van der Waals surface area contributed by atoms with Gasteiger partial charge in [0.2, 0.25) is 0 Å². The van der Waals surface area contributed by atoms with Crippen LogP contribution < -0.4 is 0 Å². The highest BCUT2D eigenvalue weighted by Gasteiger charge is 2.09. The van der Waals surface area contributed by atoms with Gasteiger partial charge in [-0.1, -0.05) is 36.4 Å². The molecule has 0 saturated carbocycles. The number of hydrogen-bond donors (Lipinski definition) is 0. The minimum atomic E-state index is -0.0553. The van der Waals surface area contributed by atoms with E-state index in [1.165, 1.54) is 0 Å². The number of carbonyl (C=O) groups excluding carboxylic acids is 1. The van der Waals surface area contributed by atoms with Gasteiger partial charge in [-0.15, -0.1) is 11.6 Å². The average Bonchev–Trinajstić information content (AvgIpc) is 2.16. The van der Waals surface area contributed by atoms with E-state index in [1.807, 2.05) is 25.1 Å². The molecule has 68 valence electrons. The van der Waals surface area contributed by atoms with Crippen LogP contribution in [0.3, 0.4) is 0 Å². The number of rotatable bonds is 3. The molecule has 0 atom stereocenters. The third-order valence-corrected chi connectivity index (χ3v) is 2.05. The molecule has 0 aliphatic carbocycles. The molecule has 0 saturated heterocycles. The normalized spacial score (nSPS) is 9.69. The van der Waals surface area contributed by atoms with E-state index in [4.69, 9.17) is 11.6 Å². The zero-order chi connectivity index (χ0) is 9.84. The van der Waals surface area contributed by atoms with Gasteiger partial charge in [0.15, 0.2) is 5.78 Å². The van der Waals surface area contributed by atoms with E-state index in [9.17, 15) is 4.79 Å². The Labute approximate surface area is 83.0 Å². The second-order valence-electron chi connectivity index (χ2n) is 2.88. The molecule has 1 aromatic carbocycles. The number of benzene rings is 1. The van der Waals surface area contributed by atoms with Crippen molar-refractivity contribution in [2.24, 2.45) is 0 Å². The van der Waals surface area contributed by atoms with Crippen molar-refractivity contribution in [3.05, 3.63) is 42.0 Å². The minimum Gasteiger partial charge on any atom is -0.293 e. The molecule has 0 N–H and O–H groups in total. The number of ketones is 1. The summed E-state index contributed by atoms with van der Waals surface area (Å²) in [4.78, 5) is 11.4. The molecular formula is C11H11ClO. The van der Waals surface area contributed by atoms with Gasteiger partial charge < -0.3 is 0 Å². The fourth-order valence-electron chi connectivity index (χ4n) is 1.17. The molecule has 0 fully saturated rings. The monoisotopic (exact) mass is 194 g/mol. The molecule has 0 radical (unpaired) electrons. The Kier molecular flexibility index (Phi) is 3.26. The Hall–Kier alpha value is -1.08. The van der Waals surface area contributed by atoms with Crippen molar-refractivity contribution in [2.45, 2.75) is 6.92 Å². The zero-order valence-corrected chi connectivity index (χ0v) is 8.27. The summed E-state index contributed by atoms with van der Waals surface area (Å²) in [6, 6.07) is 7.36. The lowest BCUT2D eigenvalue weighted by atomic mass is 10.00. The van der Waals surface area contributed by atoms with Crippen molar-refractivity contribution in [3.8, 4) is 0 Å². The molecule has 1 nitrogen and oxygen atoms in total. The van der Waals surface area contributed by atoms with Crippen molar-refractivity contribution < 1.29 is 4.79 Å². The molecule has 0 heterocycles. The van der Waals surface area contributed by atoms with E-state index in [1.54, 1.807) is 6.07 Å². The minimum absolute atomic E-state index is 0.0181. The first-order chi connectivity index (χ1) is 6.16. The van der Waals surface area contributed by atoms with Crippen LogP contribution in [0.4, 0.5) is 0 Å².